The van der Waals surface area contributed by atoms with Crippen molar-refractivity contribution in [3.05, 3.63) is 47.8 Å². The Bertz CT molecular complexity index is 1220. The molecular weight excluding hydrogens is 407 g/mol. The zero-order chi connectivity index (χ0) is 20.0. The maximum Gasteiger partial charge on any atom is 0.231 e. The van der Waals surface area contributed by atoms with Gasteiger partial charge in [0.1, 0.15) is 11.3 Å². The molecule has 8 heteroatoms. The summed E-state index contributed by atoms with van der Waals surface area (Å²) in [6.07, 6.45) is 1.72. The number of hydrogen-bond donors (Lipinski definition) is 1. The number of halogens is 1. The number of hydrogen-bond acceptors (Lipinski definition) is 6. The van der Waals surface area contributed by atoms with Crippen LogP contribution in [-0.4, -0.2) is 29.0 Å². The van der Waals surface area contributed by atoms with Crippen LogP contribution >= 0.6 is 22.7 Å². The minimum atomic E-state index is -0.303. The van der Waals surface area contributed by atoms with Gasteiger partial charge in [0, 0.05) is 13.1 Å². The number of piperidine rings is 1. The number of rotatable bonds is 3. The van der Waals surface area contributed by atoms with Gasteiger partial charge in [0.15, 0.2) is 10.3 Å². The predicted octanol–water partition coefficient (Wildman–Crippen LogP) is 5.21. The minimum Gasteiger partial charge on any atom is -0.347 e. The van der Waals surface area contributed by atoms with Crippen molar-refractivity contribution >= 4 is 59.3 Å². The Hall–Kier alpha value is -2.58. The van der Waals surface area contributed by atoms with Gasteiger partial charge in [-0.25, -0.2) is 14.4 Å². The predicted molar refractivity (Wildman–Crippen MR) is 118 cm³/mol. The Balaban J connectivity index is 1.32. The number of carbonyl (C=O) groups is 1. The summed E-state index contributed by atoms with van der Waals surface area (Å²) in [5, 5.41) is 4.40. The van der Waals surface area contributed by atoms with Gasteiger partial charge in [-0.2, -0.15) is 0 Å². The molecule has 3 heterocycles. The van der Waals surface area contributed by atoms with Gasteiger partial charge in [-0.1, -0.05) is 34.8 Å². The van der Waals surface area contributed by atoms with E-state index in [1.54, 1.807) is 6.07 Å². The SMILES string of the molecule is Cc1ccc2nc(NC(=O)C3CCCN(c4nc5c(F)cccc5s4)C3)sc2c1. The van der Waals surface area contributed by atoms with Crippen LogP contribution in [0.15, 0.2) is 36.4 Å². The average Bonchev–Trinajstić information content (AvgIpc) is 3.32. The molecule has 2 aromatic heterocycles. The molecule has 2 aromatic carbocycles. The maximum atomic E-state index is 14.0. The number of para-hydroxylation sites is 1. The fourth-order valence-electron chi connectivity index (χ4n) is 3.70. The third kappa shape index (κ3) is 3.58. The standard InChI is InChI=1S/C21H19FN4OS2/c1-12-7-8-15-17(10-12)28-20(23-15)25-19(27)13-4-3-9-26(11-13)21-24-18-14(22)5-2-6-16(18)29-21/h2,5-8,10,13H,3-4,9,11H2,1H3,(H,23,25,27). The number of carbonyl (C=O) groups excluding carboxylic acids is 1. The molecule has 1 fully saturated rings. The zero-order valence-electron chi connectivity index (χ0n) is 15.8. The van der Waals surface area contributed by atoms with Crippen molar-refractivity contribution in [1.82, 2.24) is 9.97 Å². The van der Waals surface area contributed by atoms with E-state index in [1.165, 1.54) is 34.3 Å². The second-order valence-corrected chi connectivity index (χ2v) is 9.39. The molecular formula is C21H19FN4OS2. The Labute approximate surface area is 175 Å². The van der Waals surface area contributed by atoms with Gasteiger partial charge in [0.2, 0.25) is 5.91 Å². The number of aryl methyl sites for hydroxylation is 1. The fraction of sp³-hybridized carbons (Fsp3) is 0.286. The van der Waals surface area contributed by atoms with E-state index in [2.05, 4.69) is 26.3 Å². The number of fused-ring (bicyclic) bond motifs is 2. The molecule has 1 unspecified atom stereocenters. The molecule has 5 rings (SSSR count). The normalized spacial score (nSPS) is 17.2. The highest BCUT2D eigenvalue weighted by Gasteiger charge is 2.28. The summed E-state index contributed by atoms with van der Waals surface area (Å²) in [6, 6.07) is 11.1. The lowest BCUT2D eigenvalue weighted by Gasteiger charge is -2.31. The van der Waals surface area contributed by atoms with E-state index in [-0.39, 0.29) is 17.6 Å². The van der Waals surface area contributed by atoms with Gasteiger partial charge in [-0.15, -0.1) is 0 Å². The lowest BCUT2D eigenvalue weighted by molar-refractivity contribution is -0.120. The molecule has 1 aliphatic heterocycles. The van der Waals surface area contributed by atoms with Gasteiger partial charge < -0.3 is 10.2 Å². The van der Waals surface area contributed by atoms with Crippen molar-refractivity contribution < 1.29 is 9.18 Å². The van der Waals surface area contributed by atoms with Crippen LogP contribution in [0.25, 0.3) is 20.4 Å². The molecule has 0 radical (unpaired) electrons. The van der Waals surface area contributed by atoms with Crippen LogP contribution < -0.4 is 10.2 Å². The highest BCUT2D eigenvalue weighted by molar-refractivity contribution is 7.22. The molecule has 148 valence electrons. The third-order valence-corrected chi connectivity index (χ3v) is 7.21. The maximum absolute atomic E-state index is 14.0. The molecule has 1 N–H and O–H groups in total. The summed E-state index contributed by atoms with van der Waals surface area (Å²) in [4.78, 5) is 24.0. The van der Waals surface area contributed by atoms with Crippen molar-refractivity contribution in [1.29, 1.82) is 0 Å². The van der Waals surface area contributed by atoms with Crippen LogP contribution in [0.4, 0.5) is 14.7 Å². The van der Waals surface area contributed by atoms with Gasteiger partial charge in [0.25, 0.3) is 0 Å². The average molecular weight is 427 g/mol. The Morgan fingerprint density at radius 2 is 2.10 bits per heavy atom. The summed E-state index contributed by atoms with van der Waals surface area (Å²) in [5.41, 5.74) is 2.48. The first-order valence-electron chi connectivity index (χ1n) is 9.55. The third-order valence-electron chi connectivity index (χ3n) is 5.20. The molecule has 4 aromatic rings. The van der Waals surface area contributed by atoms with Gasteiger partial charge in [-0.05, 0) is 49.6 Å². The first-order valence-corrected chi connectivity index (χ1v) is 11.2. The van der Waals surface area contributed by atoms with E-state index < -0.39 is 0 Å². The summed E-state index contributed by atoms with van der Waals surface area (Å²) in [7, 11) is 0. The Morgan fingerprint density at radius 3 is 2.97 bits per heavy atom. The molecule has 5 nitrogen and oxygen atoms in total. The van der Waals surface area contributed by atoms with Crippen molar-refractivity contribution in [2.45, 2.75) is 19.8 Å². The monoisotopic (exact) mass is 426 g/mol. The number of nitrogens with zero attached hydrogens (tertiary/aromatic N) is 3. The van der Waals surface area contributed by atoms with E-state index in [4.69, 9.17) is 0 Å². The van der Waals surface area contributed by atoms with Crippen LogP contribution in [0.5, 0.6) is 0 Å². The molecule has 0 spiro atoms. The number of thiazole rings is 2. The number of benzene rings is 2. The number of anilines is 2. The quantitative estimate of drug-likeness (QED) is 0.489. The van der Waals surface area contributed by atoms with Crippen LogP contribution in [0.2, 0.25) is 0 Å². The Morgan fingerprint density at radius 1 is 1.21 bits per heavy atom. The fourth-order valence-corrected chi connectivity index (χ4v) is 5.68. The van der Waals surface area contributed by atoms with Crippen LogP contribution in [0.1, 0.15) is 18.4 Å². The molecule has 0 bridgehead atoms. The zero-order valence-corrected chi connectivity index (χ0v) is 17.4. The van der Waals surface area contributed by atoms with Crippen molar-refractivity contribution in [2.75, 3.05) is 23.3 Å². The highest BCUT2D eigenvalue weighted by atomic mass is 32.1. The van der Waals surface area contributed by atoms with E-state index >= 15 is 0 Å². The first kappa shape index (κ1) is 18.4. The summed E-state index contributed by atoms with van der Waals surface area (Å²) < 4.78 is 15.9. The minimum absolute atomic E-state index is 0.0160. The molecule has 1 amide bonds. The van der Waals surface area contributed by atoms with Crippen molar-refractivity contribution in [2.24, 2.45) is 5.92 Å². The van der Waals surface area contributed by atoms with E-state index in [0.717, 1.165) is 39.4 Å². The summed E-state index contributed by atoms with van der Waals surface area (Å²) in [5.74, 6) is -0.463. The molecule has 1 saturated heterocycles. The number of nitrogens with one attached hydrogen (secondary N) is 1. The molecule has 1 atom stereocenters. The number of aromatic nitrogens is 2. The topological polar surface area (TPSA) is 58.1 Å². The largest absolute Gasteiger partial charge is 0.347 e. The summed E-state index contributed by atoms with van der Waals surface area (Å²) >= 11 is 2.97. The van der Waals surface area contributed by atoms with E-state index in [0.29, 0.717) is 17.2 Å². The lowest BCUT2D eigenvalue weighted by Crippen LogP contribution is -2.40. The second-order valence-electron chi connectivity index (χ2n) is 7.35. The van der Waals surface area contributed by atoms with Crippen molar-refractivity contribution in [3.63, 3.8) is 0 Å². The van der Waals surface area contributed by atoms with Crippen LogP contribution in [0, 0.1) is 18.7 Å². The Kier molecular flexibility index (Phi) is 4.67. The molecule has 29 heavy (non-hydrogen) atoms. The van der Waals surface area contributed by atoms with Gasteiger partial charge >= 0.3 is 0 Å². The first-order chi connectivity index (χ1) is 14.1. The van der Waals surface area contributed by atoms with Gasteiger partial charge in [-0.3, -0.25) is 4.79 Å². The lowest BCUT2D eigenvalue weighted by atomic mass is 9.97. The van der Waals surface area contributed by atoms with E-state index in [9.17, 15) is 9.18 Å². The van der Waals surface area contributed by atoms with Crippen LogP contribution in [-0.2, 0) is 4.79 Å². The second kappa shape index (κ2) is 7.35. The molecule has 0 saturated carbocycles. The smallest absolute Gasteiger partial charge is 0.231 e. The van der Waals surface area contributed by atoms with E-state index in [1.807, 2.05) is 25.1 Å². The van der Waals surface area contributed by atoms with Crippen molar-refractivity contribution in [3.8, 4) is 0 Å². The summed E-state index contributed by atoms with van der Waals surface area (Å²) in [6.45, 7) is 3.45. The number of amides is 1. The molecule has 0 aliphatic carbocycles. The highest BCUT2D eigenvalue weighted by Crippen LogP contribution is 2.33. The molecule has 1 aliphatic rings. The van der Waals surface area contributed by atoms with Crippen LogP contribution in [0.3, 0.4) is 0 Å². The van der Waals surface area contributed by atoms with Gasteiger partial charge in [0.05, 0.1) is 20.8 Å².